The van der Waals surface area contributed by atoms with Crippen LogP contribution in [-0.4, -0.2) is 11.0 Å². The first-order valence-electron chi connectivity index (χ1n) is 6.71. The standard InChI is InChI=1S/C16H15ClN2O2/c17-13-3-4-15(20)14(6-13)16(21)19-7-10-1-2-11-8-18-9-12(11)5-10/h1-6,18,20H,7-9H2,(H,19,21). The minimum Gasteiger partial charge on any atom is -0.507 e. The van der Waals surface area contributed by atoms with E-state index in [1.807, 2.05) is 6.07 Å². The second-order valence-corrected chi connectivity index (χ2v) is 5.49. The zero-order valence-electron chi connectivity index (χ0n) is 11.3. The number of carbonyl (C=O) groups is 1. The lowest BCUT2D eigenvalue weighted by Crippen LogP contribution is -2.23. The molecular formula is C16H15ClN2O2. The molecule has 108 valence electrons. The number of hydrogen-bond acceptors (Lipinski definition) is 3. The summed E-state index contributed by atoms with van der Waals surface area (Å²) in [6, 6.07) is 10.6. The van der Waals surface area contributed by atoms with E-state index in [1.54, 1.807) is 6.07 Å². The van der Waals surface area contributed by atoms with Crippen molar-refractivity contribution < 1.29 is 9.90 Å². The molecule has 1 amide bonds. The Balaban J connectivity index is 1.70. The highest BCUT2D eigenvalue weighted by atomic mass is 35.5. The third kappa shape index (κ3) is 3.01. The van der Waals surface area contributed by atoms with E-state index in [-0.39, 0.29) is 17.2 Å². The molecule has 0 bridgehead atoms. The monoisotopic (exact) mass is 302 g/mol. The van der Waals surface area contributed by atoms with E-state index in [0.29, 0.717) is 11.6 Å². The van der Waals surface area contributed by atoms with Gasteiger partial charge in [0.2, 0.25) is 0 Å². The van der Waals surface area contributed by atoms with Crippen molar-refractivity contribution in [1.82, 2.24) is 10.6 Å². The predicted octanol–water partition coefficient (Wildman–Crippen LogP) is 2.58. The zero-order valence-corrected chi connectivity index (χ0v) is 12.1. The average molecular weight is 303 g/mol. The van der Waals surface area contributed by atoms with Crippen LogP contribution in [0.5, 0.6) is 5.75 Å². The highest BCUT2D eigenvalue weighted by Gasteiger charge is 2.13. The Morgan fingerprint density at radius 1 is 1.19 bits per heavy atom. The van der Waals surface area contributed by atoms with Crippen molar-refractivity contribution in [2.45, 2.75) is 19.6 Å². The lowest BCUT2D eigenvalue weighted by Gasteiger charge is -2.08. The lowest BCUT2D eigenvalue weighted by molar-refractivity contribution is 0.0948. The first-order valence-corrected chi connectivity index (χ1v) is 7.09. The van der Waals surface area contributed by atoms with Crippen molar-refractivity contribution in [2.24, 2.45) is 0 Å². The van der Waals surface area contributed by atoms with Crippen LogP contribution in [0.1, 0.15) is 27.0 Å². The number of hydrogen-bond donors (Lipinski definition) is 3. The van der Waals surface area contributed by atoms with Gasteiger partial charge in [0.05, 0.1) is 5.56 Å². The van der Waals surface area contributed by atoms with Crippen molar-refractivity contribution in [3.63, 3.8) is 0 Å². The van der Waals surface area contributed by atoms with Crippen LogP contribution in [0.4, 0.5) is 0 Å². The molecule has 5 heteroatoms. The van der Waals surface area contributed by atoms with Crippen LogP contribution in [0.15, 0.2) is 36.4 Å². The number of nitrogens with one attached hydrogen (secondary N) is 2. The predicted molar refractivity (Wildman–Crippen MR) is 81.3 cm³/mol. The molecule has 4 nitrogen and oxygen atoms in total. The van der Waals surface area contributed by atoms with Crippen molar-refractivity contribution in [1.29, 1.82) is 0 Å². The van der Waals surface area contributed by atoms with Crippen LogP contribution in [-0.2, 0) is 19.6 Å². The first-order chi connectivity index (χ1) is 10.1. The molecular weight excluding hydrogens is 288 g/mol. The normalized spacial score (nSPS) is 13.0. The van der Waals surface area contributed by atoms with Crippen LogP contribution in [0.2, 0.25) is 5.02 Å². The fourth-order valence-electron chi connectivity index (χ4n) is 2.43. The Morgan fingerprint density at radius 3 is 2.86 bits per heavy atom. The number of halogens is 1. The summed E-state index contributed by atoms with van der Waals surface area (Å²) in [7, 11) is 0. The number of fused-ring (bicyclic) bond motifs is 1. The molecule has 0 spiro atoms. The van der Waals surface area contributed by atoms with Gasteiger partial charge in [-0.25, -0.2) is 0 Å². The molecule has 1 heterocycles. The maximum absolute atomic E-state index is 12.1. The Kier molecular flexibility index (Phi) is 3.82. The van der Waals surface area contributed by atoms with Gasteiger partial charge >= 0.3 is 0 Å². The van der Waals surface area contributed by atoms with E-state index in [4.69, 9.17) is 11.6 Å². The quantitative estimate of drug-likeness (QED) is 0.816. The number of aromatic hydroxyl groups is 1. The number of rotatable bonds is 3. The molecule has 0 saturated carbocycles. The molecule has 1 aliphatic heterocycles. The number of phenolic OH excluding ortho intramolecular Hbond substituents is 1. The van der Waals surface area contributed by atoms with Gasteiger partial charge in [0.25, 0.3) is 5.91 Å². The largest absolute Gasteiger partial charge is 0.507 e. The molecule has 21 heavy (non-hydrogen) atoms. The highest BCUT2D eigenvalue weighted by Crippen LogP contribution is 2.21. The molecule has 0 atom stereocenters. The van der Waals surface area contributed by atoms with E-state index in [1.165, 1.54) is 23.3 Å². The molecule has 0 radical (unpaired) electrons. The summed E-state index contributed by atoms with van der Waals surface area (Å²) < 4.78 is 0. The lowest BCUT2D eigenvalue weighted by atomic mass is 10.1. The van der Waals surface area contributed by atoms with Crippen molar-refractivity contribution in [2.75, 3.05) is 0 Å². The third-order valence-corrected chi connectivity index (χ3v) is 3.79. The molecule has 2 aromatic carbocycles. The second-order valence-electron chi connectivity index (χ2n) is 5.05. The SMILES string of the molecule is O=C(NCc1ccc2c(c1)CNC2)c1cc(Cl)ccc1O. The van der Waals surface area contributed by atoms with Crippen LogP contribution < -0.4 is 10.6 Å². The van der Waals surface area contributed by atoms with Gasteiger partial charge in [0.1, 0.15) is 5.75 Å². The maximum atomic E-state index is 12.1. The maximum Gasteiger partial charge on any atom is 0.255 e. The fraction of sp³-hybridized carbons (Fsp3) is 0.188. The molecule has 1 aliphatic rings. The molecule has 3 N–H and O–H groups in total. The van der Waals surface area contributed by atoms with Gasteiger partial charge in [-0.1, -0.05) is 29.8 Å². The van der Waals surface area contributed by atoms with E-state index in [2.05, 4.69) is 22.8 Å². The van der Waals surface area contributed by atoms with Gasteiger partial charge in [-0.05, 0) is 34.9 Å². The topological polar surface area (TPSA) is 61.4 Å². The van der Waals surface area contributed by atoms with Gasteiger partial charge in [-0.2, -0.15) is 0 Å². The fourth-order valence-corrected chi connectivity index (χ4v) is 2.60. The Hall–Kier alpha value is -2.04. The van der Waals surface area contributed by atoms with Gasteiger partial charge in [0.15, 0.2) is 0 Å². The van der Waals surface area contributed by atoms with Gasteiger partial charge < -0.3 is 15.7 Å². The summed E-state index contributed by atoms with van der Waals surface area (Å²) in [4.78, 5) is 12.1. The van der Waals surface area contributed by atoms with Gasteiger partial charge in [-0.3, -0.25) is 4.79 Å². The number of amides is 1. The summed E-state index contributed by atoms with van der Waals surface area (Å²) in [5, 5.41) is 16.2. The van der Waals surface area contributed by atoms with E-state index < -0.39 is 0 Å². The molecule has 0 aliphatic carbocycles. The second kappa shape index (κ2) is 5.76. The summed E-state index contributed by atoms with van der Waals surface area (Å²) in [6.45, 7) is 2.18. The number of phenols is 1. The van der Waals surface area contributed by atoms with Crippen molar-refractivity contribution in [3.05, 3.63) is 63.7 Å². The van der Waals surface area contributed by atoms with Gasteiger partial charge in [0, 0.05) is 24.7 Å². The van der Waals surface area contributed by atoms with Crippen LogP contribution in [0.3, 0.4) is 0 Å². The molecule has 0 fully saturated rings. The molecule has 0 unspecified atom stereocenters. The Labute approximate surface area is 127 Å². The first kappa shape index (κ1) is 13.9. The van der Waals surface area contributed by atoms with Crippen molar-refractivity contribution in [3.8, 4) is 5.75 Å². The minimum atomic E-state index is -0.339. The molecule has 0 saturated heterocycles. The van der Waals surface area contributed by atoms with E-state index in [9.17, 15) is 9.90 Å². The summed E-state index contributed by atoms with van der Waals surface area (Å²) >= 11 is 5.84. The zero-order chi connectivity index (χ0) is 14.8. The van der Waals surface area contributed by atoms with E-state index >= 15 is 0 Å². The van der Waals surface area contributed by atoms with Crippen LogP contribution in [0.25, 0.3) is 0 Å². The minimum absolute atomic E-state index is 0.0740. The number of benzene rings is 2. The molecule has 3 rings (SSSR count). The Bertz CT molecular complexity index is 701. The van der Waals surface area contributed by atoms with Crippen LogP contribution >= 0.6 is 11.6 Å². The van der Waals surface area contributed by atoms with E-state index in [0.717, 1.165) is 18.7 Å². The number of carbonyl (C=O) groups excluding carboxylic acids is 1. The van der Waals surface area contributed by atoms with Crippen molar-refractivity contribution >= 4 is 17.5 Å². The average Bonchev–Trinajstić information content (AvgIpc) is 2.94. The third-order valence-electron chi connectivity index (χ3n) is 3.56. The highest BCUT2D eigenvalue weighted by molar-refractivity contribution is 6.31. The summed E-state index contributed by atoms with van der Waals surface area (Å²) in [5.74, 6) is -0.413. The molecule has 2 aromatic rings. The Morgan fingerprint density at radius 2 is 2.00 bits per heavy atom. The summed E-state index contributed by atoms with van der Waals surface area (Å²) in [6.07, 6.45) is 0. The van der Waals surface area contributed by atoms with Crippen LogP contribution in [0, 0.1) is 0 Å². The molecule has 0 aromatic heterocycles. The van der Waals surface area contributed by atoms with Gasteiger partial charge in [-0.15, -0.1) is 0 Å². The smallest absolute Gasteiger partial charge is 0.255 e. The summed E-state index contributed by atoms with van der Waals surface area (Å²) in [5.41, 5.74) is 3.79.